The highest BCUT2D eigenvalue weighted by molar-refractivity contribution is 5.88. The molecular formula is C25H19FN2O6. The van der Waals surface area contributed by atoms with E-state index in [1.54, 1.807) is 18.2 Å². The number of esters is 1. The number of hydrogen-bond acceptors (Lipinski definition) is 7. The van der Waals surface area contributed by atoms with Crippen LogP contribution in [0.1, 0.15) is 11.1 Å². The van der Waals surface area contributed by atoms with Gasteiger partial charge in [0.2, 0.25) is 5.82 Å². The molecule has 1 aromatic heterocycles. The molecule has 0 radical (unpaired) electrons. The van der Waals surface area contributed by atoms with Gasteiger partial charge in [-0.3, -0.25) is 19.9 Å². The number of methoxy groups -OCH3 is 1. The second-order valence-electron chi connectivity index (χ2n) is 7.29. The lowest BCUT2D eigenvalue weighted by Crippen LogP contribution is -2.09. The molecule has 1 heterocycles. The summed E-state index contributed by atoms with van der Waals surface area (Å²) in [5, 5.41) is 11.4. The van der Waals surface area contributed by atoms with Crippen molar-refractivity contribution in [3.05, 3.63) is 100.0 Å². The van der Waals surface area contributed by atoms with Crippen LogP contribution < -0.4 is 9.47 Å². The van der Waals surface area contributed by atoms with E-state index < -0.39 is 22.4 Å². The Balaban J connectivity index is 1.60. The summed E-state index contributed by atoms with van der Waals surface area (Å²) in [6, 6.07) is 17.5. The van der Waals surface area contributed by atoms with Crippen molar-refractivity contribution in [3.63, 3.8) is 0 Å². The number of carbonyl (C=O) groups excluding carboxylic acids is 1. The van der Waals surface area contributed by atoms with Crippen molar-refractivity contribution in [1.29, 1.82) is 0 Å². The van der Waals surface area contributed by atoms with Crippen LogP contribution in [-0.4, -0.2) is 23.0 Å². The highest BCUT2D eigenvalue weighted by Gasteiger charge is 2.17. The smallest absolute Gasteiger partial charge is 0.310 e. The Labute approximate surface area is 193 Å². The molecule has 34 heavy (non-hydrogen) atoms. The summed E-state index contributed by atoms with van der Waals surface area (Å²) in [6.45, 7) is 0.150. The maximum Gasteiger partial charge on any atom is 0.310 e. The van der Waals surface area contributed by atoms with Gasteiger partial charge in [-0.25, -0.2) is 0 Å². The number of halogens is 1. The van der Waals surface area contributed by atoms with E-state index in [4.69, 9.17) is 14.2 Å². The third-order valence-electron chi connectivity index (χ3n) is 5.02. The zero-order valence-corrected chi connectivity index (χ0v) is 18.1. The summed E-state index contributed by atoms with van der Waals surface area (Å²) in [6.07, 6.45) is 1.46. The van der Waals surface area contributed by atoms with E-state index in [1.165, 1.54) is 19.4 Å². The van der Waals surface area contributed by atoms with Gasteiger partial charge in [-0.05, 0) is 23.8 Å². The largest absolute Gasteiger partial charge is 0.496 e. The Morgan fingerprint density at radius 1 is 1.06 bits per heavy atom. The van der Waals surface area contributed by atoms with Gasteiger partial charge in [-0.15, -0.1) is 0 Å². The predicted molar refractivity (Wildman–Crippen MR) is 121 cm³/mol. The van der Waals surface area contributed by atoms with Gasteiger partial charge in [0.15, 0.2) is 0 Å². The topological polar surface area (TPSA) is 101 Å². The van der Waals surface area contributed by atoms with Gasteiger partial charge in [0, 0.05) is 35.3 Å². The molecule has 0 aliphatic rings. The van der Waals surface area contributed by atoms with Crippen molar-refractivity contribution in [1.82, 2.24) is 4.98 Å². The molecule has 0 N–H and O–H groups in total. The maximum absolute atomic E-state index is 14.0. The van der Waals surface area contributed by atoms with Crippen LogP contribution in [0.25, 0.3) is 10.9 Å². The first-order valence-corrected chi connectivity index (χ1v) is 10.2. The monoisotopic (exact) mass is 462 g/mol. The number of pyridine rings is 1. The van der Waals surface area contributed by atoms with Crippen molar-refractivity contribution in [3.8, 4) is 17.2 Å². The fourth-order valence-corrected chi connectivity index (χ4v) is 3.38. The molecule has 4 aromatic rings. The van der Waals surface area contributed by atoms with E-state index in [0.29, 0.717) is 28.0 Å². The van der Waals surface area contributed by atoms with Crippen LogP contribution in [0, 0.1) is 15.9 Å². The van der Waals surface area contributed by atoms with Gasteiger partial charge < -0.3 is 14.2 Å². The molecular weight excluding hydrogens is 443 g/mol. The number of rotatable bonds is 8. The minimum atomic E-state index is -1.01. The van der Waals surface area contributed by atoms with Gasteiger partial charge in [0.1, 0.15) is 23.9 Å². The summed E-state index contributed by atoms with van der Waals surface area (Å²) in [5.74, 6) is -0.583. The highest BCUT2D eigenvalue weighted by Crippen LogP contribution is 2.34. The van der Waals surface area contributed by atoms with Crippen molar-refractivity contribution >= 4 is 22.6 Å². The first-order chi connectivity index (χ1) is 16.4. The molecule has 0 bridgehead atoms. The van der Waals surface area contributed by atoms with Crippen LogP contribution in [-0.2, 0) is 22.6 Å². The summed E-state index contributed by atoms with van der Waals surface area (Å²) < 4.78 is 30.6. The lowest BCUT2D eigenvalue weighted by molar-refractivity contribution is -0.387. The van der Waals surface area contributed by atoms with Crippen LogP contribution in [0.15, 0.2) is 72.9 Å². The molecule has 4 rings (SSSR count). The van der Waals surface area contributed by atoms with Crippen molar-refractivity contribution in [2.24, 2.45) is 0 Å². The van der Waals surface area contributed by atoms with Crippen LogP contribution >= 0.6 is 0 Å². The summed E-state index contributed by atoms with van der Waals surface area (Å²) in [5.41, 5.74) is 1.31. The molecule has 172 valence electrons. The maximum atomic E-state index is 14.0. The van der Waals surface area contributed by atoms with E-state index in [-0.39, 0.29) is 18.8 Å². The average molecular weight is 462 g/mol. The Morgan fingerprint density at radius 2 is 1.85 bits per heavy atom. The quantitative estimate of drug-likeness (QED) is 0.197. The fraction of sp³-hybridized carbons (Fsp3) is 0.120. The minimum Gasteiger partial charge on any atom is -0.496 e. The van der Waals surface area contributed by atoms with Gasteiger partial charge in [-0.2, -0.15) is 4.39 Å². The number of aromatic nitrogens is 1. The predicted octanol–water partition coefficient (Wildman–Crippen LogP) is 5.37. The van der Waals surface area contributed by atoms with Gasteiger partial charge in [0.05, 0.1) is 24.0 Å². The molecule has 0 spiro atoms. The lowest BCUT2D eigenvalue weighted by Gasteiger charge is -2.13. The Morgan fingerprint density at radius 3 is 2.56 bits per heavy atom. The zero-order chi connectivity index (χ0) is 24.1. The molecule has 0 saturated heterocycles. The van der Waals surface area contributed by atoms with Crippen molar-refractivity contribution in [2.75, 3.05) is 7.11 Å². The second-order valence-corrected chi connectivity index (χ2v) is 7.29. The third-order valence-corrected chi connectivity index (χ3v) is 5.02. The minimum absolute atomic E-state index is 0.0492. The van der Waals surface area contributed by atoms with Crippen LogP contribution in [0.4, 0.5) is 10.1 Å². The number of nitro groups is 1. The number of nitro benzene ring substituents is 1. The van der Waals surface area contributed by atoms with Gasteiger partial charge in [0.25, 0.3) is 0 Å². The number of fused-ring (bicyclic) bond motifs is 1. The van der Waals surface area contributed by atoms with Crippen molar-refractivity contribution in [2.45, 2.75) is 13.0 Å². The fourth-order valence-electron chi connectivity index (χ4n) is 3.38. The van der Waals surface area contributed by atoms with Crippen molar-refractivity contribution < 1.29 is 28.3 Å². The SMILES string of the molecule is COc1cc2nccc(Oc3ccc([N+](=O)[O-])c(F)c3)c2cc1CC(=O)OCc1ccccc1. The molecule has 0 saturated carbocycles. The zero-order valence-electron chi connectivity index (χ0n) is 18.1. The Bertz CT molecular complexity index is 1360. The summed E-state index contributed by atoms with van der Waals surface area (Å²) >= 11 is 0. The number of ether oxygens (including phenoxy) is 3. The average Bonchev–Trinajstić information content (AvgIpc) is 2.83. The Hall–Kier alpha value is -4.53. The summed E-state index contributed by atoms with van der Waals surface area (Å²) in [4.78, 5) is 26.8. The summed E-state index contributed by atoms with van der Waals surface area (Å²) in [7, 11) is 1.49. The number of nitrogens with zero attached hydrogens (tertiary/aromatic N) is 2. The first kappa shape index (κ1) is 22.7. The molecule has 0 aliphatic heterocycles. The van der Waals surface area contributed by atoms with Crippen LogP contribution in [0.2, 0.25) is 0 Å². The van der Waals surface area contributed by atoms with Gasteiger partial charge >= 0.3 is 11.7 Å². The number of hydrogen-bond donors (Lipinski definition) is 0. The first-order valence-electron chi connectivity index (χ1n) is 10.2. The van der Waals surface area contributed by atoms with Crippen LogP contribution in [0.5, 0.6) is 17.2 Å². The molecule has 0 unspecified atom stereocenters. The lowest BCUT2D eigenvalue weighted by atomic mass is 10.1. The number of benzene rings is 3. The molecule has 0 atom stereocenters. The molecule has 0 fully saturated rings. The second kappa shape index (κ2) is 9.95. The van der Waals surface area contributed by atoms with E-state index in [0.717, 1.165) is 17.7 Å². The molecule has 8 nitrogen and oxygen atoms in total. The van der Waals surface area contributed by atoms with Crippen LogP contribution in [0.3, 0.4) is 0 Å². The van der Waals surface area contributed by atoms with E-state index >= 15 is 0 Å². The van der Waals surface area contributed by atoms with Gasteiger partial charge in [-0.1, -0.05) is 30.3 Å². The molecule has 3 aromatic carbocycles. The van der Waals surface area contributed by atoms with E-state index in [1.807, 2.05) is 30.3 Å². The molecule has 0 amide bonds. The molecule has 9 heteroatoms. The number of carbonyl (C=O) groups is 1. The Kier molecular flexibility index (Phi) is 6.63. The third kappa shape index (κ3) is 5.09. The standard InChI is InChI=1S/C25H19FN2O6/c1-32-24-14-21-19(11-17(24)12-25(29)33-15-16-5-3-2-4-6-16)23(9-10-27-21)34-18-7-8-22(28(30)31)20(26)13-18/h2-11,13-14H,12,15H2,1H3. The highest BCUT2D eigenvalue weighted by atomic mass is 19.1. The molecule has 0 aliphatic carbocycles. The van der Waals surface area contributed by atoms with E-state index in [9.17, 15) is 19.3 Å². The van der Waals surface area contributed by atoms with E-state index in [2.05, 4.69) is 4.98 Å². The normalized spacial score (nSPS) is 10.6.